The third kappa shape index (κ3) is 6.86. The Morgan fingerprint density at radius 1 is 1.33 bits per heavy atom. The number of hydrogen-bond acceptors (Lipinski definition) is 5. The van der Waals surface area contributed by atoms with E-state index in [0.29, 0.717) is 12.3 Å². The van der Waals surface area contributed by atoms with Gasteiger partial charge in [-0.3, -0.25) is 0 Å². The SMILES string of the molecule is CCCNCc1ccc(S(=O)(=O)NC(C)CCSCC)o1. The van der Waals surface area contributed by atoms with Gasteiger partial charge in [0.25, 0.3) is 10.0 Å². The fourth-order valence-electron chi connectivity index (χ4n) is 1.77. The average Bonchev–Trinajstić information content (AvgIpc) is 2.88. The third-order valence-corrected chi connectivity index (χ3v) is 5.28. The smallest absolute Gasteiger partial charge is 0.274 e. The van der Waals surface area contributed by atoms with Crippen molar-refractivity contribution in [2.24, 2.45) is 0 Å². The van der Waals surface area contributed by atoms with Crippen molar-refractivity contribution in [3.63, 3.8) is 0 Å². The normalized spacial score (nSPS) is 13.5. The second kappa shape index (κ2) is 9.50. The molecule has 2 N–H and O–H groups in total. The summed E-state index contributed by atoms with van der Waals surface area (Å²) in [6.07, 6.45) is 1.84. The van der Waals surface area contributed by atoms with Crippen LogP contribution in [0.15, 0.2) is 21.6 Å². The van der Waals surface area contributed by atoms with Gasteiger partial charge >= 0.3 is 0 Å². The van der Waals surface area contributed by atoms with Crippen LogP contribution in [0.3, 0.4) is 0 Å². The molecule has 7 heteroatoms. The first-order chi connectivity index (χ1) is 9.99. The van der Waals surface area contributed by atoms with E-state index in [0.717, 1.165) is 30.9 Å². The maximum absolute atomic E-state index is 12.2. The summed E-state index contributed by atoms with van der Waals surface area (Å²) in [6, 6.07) is 3.12. The van der Waals surface area contributed by atoms with E-state index < -0.39 is 10.0 Å². The highest BCUT2D eigenvalue weighted by Gasteiger charge is 2.21. The molecule has 0 saturated heterocycles. The van der Waals surface area contributed by atoms with Gasteiger partial charge in [-0.1, -0.05) is 13.8 Å². The zero-order chi connectivity index (χ0) is 15.7. The van der Waals surface area contributed by atoms with E-state index in [1.54, 1.807) is 6.07 Å². The van der Waals surface area contributed by atoms with Gasteiger partial charge in [-0.05, 0) is 49.9 Å². The predicted molar refractivity (Wildman–Crippen MR) is 88.1 cm³/mol. The van der Waals surface area contributed by atoms with Crippen molar-refractivity contribution in [2.45, 2.75) is 51.3 Å². The predicted octanol–water partition coefficient (Wildman–Crippen LogP) is 2.59. The standard InChI is InChI=1S/C14H26N2O3S2/c1-4-9-15-11-13-6-7-14(19-13)21(17,18)16-12(3)8-10-20-5-2/h6-7,12,15-16H,4-5,8-11H2,1-3H3. The second-order valence-electron chi connectivity index (χ2n) is 4.91. The van der Waals surface area contributed by atoms with Gasteiger partial charge < -0.3 is 9.73 Å². The van der Waals surface area contributed by atoms with Gasteiger partial charge in [0.15, 0.2) is 0 Å². The summed E-state index contributed by atoms with van der Waals surface area (Å²) < 4.78 is 32.4. The molecule has 1 aromatic rings. The van der Waals surface area contributed by atoms with E-state index >= 15 is 0 Å². The molecule has 122 valence electrons. The van der Waals surface area contributed by atoms with E-state index in [9.17, 15) is 8.42 Å². The summed E-state index contributed by atoms with van der Waals surface area (Å²) in [5.41, 5.74) is 0. The van der Waals surface area contributed by atoms with Gasteiger partial charge in [-0.15, -0.1) is 0 Å². The summed E-state index contributed by atoms with van der Waals surface area (Å²) in [6.45, 7) is 7.48. The van der Waals surface area contributed by atoms with Gasteiger partial charge in [0.05, 0.1) is 6.54 Å². The Hall–Kier alpha value is -0.500. The van der Waals surface area contributed by atoms with Crippen molar-refractivity contribution in [3.05, 3.63) is 17.9 Å². The summed E-state index contributed by atoms with van der Waals surface area (Å²) in [5, 5.41) is 3.17. The lowest BCUT2D eigenvalue weighted by Crippen LogP contribution is -2.32. The lowest BCUT2D eigenvalue weighted by atomic mass is 10.3. The lowest BCUT2D eigenvalue weighted by molar-refractivity contribution is 0.398. The Morgan fingerprint density at radius 3 is 2.76 bits per heavy atom. The molecule has 21 heavy (non-hydrogen) atoms. The van der Waals surface area contributed by atoms with Gasteiger partial charge in [0.2, 0.25) is 5.09 Å². The van der Waals surface area contributed by atoms with E-state index in [-0.39, 0.29) is 11.1 Å². The highest BCUT2D eigenvalue weighted by molar-refractivity contribution is 7.99. The average molecular weight is 335 g/mol. The van der Waals surface area contributed by atoms with Crippen molar-refractivity contribution in [2.75, 3.05) is 18.1 Å². The number of sulfonamides is 1. The Balaban J connectivity index is 2.53. The molecule has 1 atom stereocenters. The fourth-order valence-corrected chi connectivity index (χ4v) is 3.81. The Labute approximate surface area is 132 Å². The molecule has 1 heterocycles. The summed E-state index contributed by atoms with van der Waals surface area (Å²) in [4.78, 5) is 0. The molecule has 1 unspecified atom stereocenters. The van der Waals surface area contributed by atoms with Crippen LogP contribution in [0, 0.1) is 0 Å². The van der Waals surface area contributed by atoms with Crippen molar-refractivity contribution < 1.29 is 12.8 Å². The van der Waals surface area contributed by atoms with Gasteiger partial charge in [0.1, 0.15) is 5.76 Å². The third-order valence-electron chi connectivity index (χ3n) is 2.88. The molecule has 0 aromatic carbocycles. The van der Waals surface area contributed by atoms with Crippen LogP contribution in [0.25, 0.3) is 0 Å². The molecule has 0 saturated carbocycles. The van der Waals surface area contributed by atoms with Crippen LogP contribution in [0.5, 0.6) is 0 Å². The fraction of sp³-hybridized carbons (Fsp3) is 0.714. The monoisotopic (exact) mass is 334 g/mol. The topological polar surface area (TPSA) is 71.3 Å². The van der Waals surface area contributed by atoms with Crippen LogP contribution in [0.2, 0.25) is 0 Å². The maximum Gasteiger partial charge on any atom is 0.274 e. The minimum Gasteiger partial charge on any atom is -0.447 e. The molecular formula is C14H26N2O3S2. The number of nitrogens with one attached hydrogen (secondary N) is 2. The lowest BCUT2D eigenvalue weighted by Gasteiger charge is -2.12. The van der Waals surface area contributed by atoms with E-state index in [4.69, 9.17) is 4.42 Å². The zero-order valence-electron chi connectivity index (χ0n) is 13.0. The summed E-state index contributed by atoms with van der Waals surface area (Å²) >= 11 is 1.81. The van der Waals surface area contributed by atoms with Crippen LogP contribution < -0.4 is 10.0 Å². The van der Waals surface area contributed by atoms with E-state index in [1.807, 2.05) is 18.7 Å². The molecule has 0 bridgehead atoms. The molecule has 0 fully saturated rings. The quantitative estimate of drug-likeness (QED) is 0.609. The van der Waals surface area contributed by atoms with Gasteiger partial charge in [-0.25, -0.2) is 13.1 Å². The highest BCUT2D eigenvalue weighted by atomic mass is 32.2. The molecule has 0 aliphatic heterocycles. The maximum atomic E-state index is 12.2. The zero-order valence-corrected chi connectivity index (χ0v) is 14.6. The summed E-state index contributed by atoms with van der Waals surface area (Å²) in [5.74, 6) is 2.63. The minimum atomic E-state index is -3.56. The van der Waals surface area contributed by atoms with Gasteiger partial charge in [-0.2, -0.15) is 11.8 Å². The Kier molecular flexibility index (Phi) is 8.39. The van der Waals surface area contributed by atoms with Crippen molar-refractivity contribution >= 4 is 21.8 Å². The van der Waals surface area contributed by atoms with Crippen molar-refractivity contribution in [3.8, 4) is 0 Å². The molecular weight excluding hydrogens is 308 g/mol. The van der Waals surface area contributed by atoms with Crippen LogP contribution in [-0.4, -0.2) is 32.5 Å². The molecule has 0 amide bonds. The molecule has 5 nitrogen and oxygen atoms in total. The van der Waals surface area contributed by atoms with Gasteiger partial charge in [0, 0.05) is 6.04 Å². The van der Waals surface area contributed by atoms with E-state index in [1.165, 1.54) is 6.07 Å². The first-order valence-corrected chi connectivity index (χ1v) is 10.0. The second-order valence-corrected chi connectivity index (χ2v) is 7.94. The van der Waals surface area contributed by atoms with Crippen LogP contribution in [0.4, 0.5) is 0 Å². The number of furan rings is 1. The number of hydrogen-bond donors (Lipinski definition) is 2. The van der Waals surface area contributed by atoms with E-state index in [2.05, 4.69) is 23.9 Å². The molecule has 0 aliphatic carbocycles. The summed E-state index contributed by atoms with van der Waals surface area (Å²) in [7, 11) is -3.56. The molecule has 0 spiro atoms. The Bertz CT molecular complexity index is 500. The minimum absolute atomic E-state index is 0.00852. The molecule has 0 radical (unpaired) electrons. The molecule has 1 aromatic heterocycles. The number of rotatable bonds is 11. The van der Waals surface area contributed by atoms with Crippen molar-refractivity contribution in [1.82, 2.24) is 10.0 Å². The first kappa shape index (κ1) is 18.5. The van der Waals surface area contributed by atoms with Crippen LogP contribution >= 0.6 is 11.8 Å². The van der Waals surface area contributed by atoms with Crippen molar-refractivity contribution in [1.29, 1.82) is 0 Å². The molecule has 1 rings (SSSR count). The van der Waals surface area contributed by atoms with Crippen LogP contribution in [0.1, 0.15) is 39.4 Å². The number of thioether (sulfide) groups is 1. The Morgan fingerprint density at radius 2 is 2.10 bits per heavy atom. The largest absolute Gasteiger partial charge is 0.447 e. The highest BCUT2D eigenvalue weighted by Crippen LogP contribution is 2.15. The first-order valence-electron chi connectivity index (χ1n) is 7.39. The molecule has 0 aliphatic rings. The van der Waals surface area contributed by atoms with Crippen LogP contribution in [-0.2, 0) is 16.6 Å².